The van der Waals surface area contributed by atoms with Crippen molar-refractivity contribution in [3.63, 3.8) is 0 Å². The van der Waals surface area contributed by atoms with E-state index < -0.39 is 6.10 Å². The highest BCUT2D eigenvalue weighted by atomic mass is 35.5. The number of oxazole rings is 1. The number of carbonyl (C=O) groups excluding carboxylic acids is 1. The number of benzene rings is 3. The number of anilines is 1. The van der Waals surface area contributed by atoms with Crippen LogP contribution in [0.25, 0.3) is 22.6 Å². The Morgan fingerprint density at radius 1 is 1.10 bits per heavy atom. The van der Waals surface area contributed by atoms with Gasteiger partial charge in [-0.25, -0.2) is 4.98 Å². The van der Waals surface area contributed by atoms with Gasteiger partial charge >= 0.3 is 0 Å². The van der Waals surface area contributed by atoms with Gasteiger partial charge in [-0.3, -0.25) is 4.79 Å². The van der Waals surface area contributed by atoms with Crippen molar-refractivity contribution in [1.29, 1.82) is 0 Å². The second kappa shape index (κ2) is 7.97. The van der Waals surface area contributed by atoms with E-state index in [0.717, 1.165) is 22.2 Å². The van der Waals surface area contributed by atoms with Crippen LogP contribution < -0.4 is 10.1 Å². The van der Waals surface area contributed by atoms with Crippen molar-refractivity contribution in [2.45, 2.75) is 20.0 Å². The highest BCUT2D eigenvalue weighted by molar-refractivity contribution is 6.31. The van der Waals surface area contributed by atoms with Crippen LogP contribution in [0.3, 0.4) is 0 Å². The van der Waals surface area contributed by atoms with E-state index in [1.54, 1.807) is 25.1 Å². The maximum Gasteiger partial charge on any atom is 0.265 e. The van der Waals surface area contributed by atoms with E-state index in [4.69, 9.17) is 20.8 Å². The minimum absolute atomic E-state index is 0.257. The zero-order valence-electron chi connectivity index (χ0n) is 16.0. The first-order valence-corrected chi connectivity index (χ1v) is 9.57. The van der Waals surface area contributed by atoms with Crippen LogP contribution in [0.15, 0.2) is 71.1 Å². The predicted molar refractivity (Wildman–Crippen MR) is 114 cm³/mol. The molecule has 0 saturated heterocycles. The Hall–Kier alpha value is -3.31. The first-order valence-electron chi connectivity index (χ1n) is 9.19. The summed E-state index contributed by atoms with van der Waals surface area (Å²) in [6.45, 7) is 3.58. The maximum absolute atomic E-state index is 12.6. The van der Waals surface area contributed by atoms with Gasteiger partial charge in [0.1, 0.15) is 11.3 Å². The number of amides is 1. The molecule has 1 heterocycles. The van der Waals surface area contributed by atoms with Crippen LogP contribution in [-0.4, -0.2) is 17.0 Å². The van der Waals surface area contributed by atoms with Gasteiger partial charge in [-0.15, -0.1) is 0 Å². The number of nitrogens with zero attached hydrogens (tertiary/aromatic N) is 1. The fourth-order valence-electron chi connectivity index (χ4n) is 2.92. The lowest BCUT2D eigenvalue weighted by molar-refractivity contribution is -0.122. The van der Waals surface area contributed by atoms with Gasteiger partial charge in [0.2, 0.25) is 5.89 Å². The van der Waals surface area contributed by atoms with Crippen molar-refractivity contribution in [2.24, 2.45) is 0 Å². The number of hydrogen-bond acceptors (Lipinski definition) is 4. The van der Waals surface area contributed by atoms with Crippen molar-refractivity contribution < 1.29 is 13.9 Å². The largest absolute Gasteiger partial charge is 0.481 e. The van der Waals surface area contributed by atoms with Crippen molar-refractivity contribution in [3.05, 3.63) is 77.3 Å². The van der Waals surface area contributed by atoms with Gasteiger partial charge in [0.15, 0.2) is 11.7 Å². The molecule has 0 bridgehead atoms. The fraction of sp³-hybridized carbons (Fsp3) is 0.130. The summed E-state index contributed by atoms with van der Waals surface area (Å²) < 4.78 is 11.5. The number of para-hydroxylation sites is 2. The van der Waals surface area contributed by atoms with Crippen molar-refractivity contribution in [3.8, 4) is 17.2 Å². The van der Waals surface area contributed by atoms with E-state index in [0.29, 0.717) is 22.4 Å². The SMILES string of the molecule is Cc1cc(O[C@H](C)C(=O)Nc2cccc(-c3nc4ccccc4o3)c2)ccc1Cl. The molecule has 1 atom stereocenters. The average Bonchev–Trinajstić information content (AvgIpc) is 3.15. The molecule has 0 saturated carbocycles. The Labute approximate surface area is 173 Å². The number of carbonyl (C=O) groups is 1. The summed E-state index contributed by atoms with van der Waals surface area (Å²) in [6.07, 6.45) is -0.677. The Bertz CT molecular complexity index is 1150. The summed E-state index contributed by atoms with van der Waals surface area (Å²) in [5, 5.41) is 3.53. The first-order chi connectivity index (χ1) is 14.0. The maximum atomic E-state index is 12.6. The molecule has 3 aromatic carbocycles. The molecular formula is C23H19ClN2O3. The van der Waals surface area contributed by atoms with Gasteiger partial charge in [-0.1, -0.05) is 29.8 Å². The Morgan fingerprint density at radius 2 is 1.93 bits per heavy atom. The molecule has 29 heavy (non-hydrogen) atoms. The molecular weight excluding hydrogens is 388 g/mol. The van der Waals surface area contributed by atoms with Gasteiger partial charge in [0.05, 0.1) is 0 Å². The minimum Gasteiger partial charge on any atom is -0.481 e. The number of ether oxygens (including phenoxy) is 1. The fourth-order valence-corrected chi connectivity index (χ4v) is 3.04. The highest BCUT2D eigenvalue weighted by Crippen LogP contribution is 2.26. The van der Waals surface area contributed by atoms with Crippen LogP contribution in [0, 0.1) is 6.92 Å². The summed E-state index contributed by atoms with van der Waals surface area (Å²) in [5.74, 6) is 0.838. The van der Waals surface area contributed by atoms with E-state index in [1.165, 1.54) is 0 Å². The van der Waals surface area contributed by atoms with Crippen molar-refractivity contribution >= 4 is 34.3 Å². The molecule has 5 nitrogen and oxygen atoms in total. The number of aryl methyl sites for hydroxylation is 1. The molecule has 0 radical (unpaired) electrons. The number of aromatic nitrogens is 1. The zero-order valence-corrected chi connectivity index (χ0v) is 16.7. The summed E-state index contributed by atoms with van der Waals surface area (Å²) >= 11 is 6.03. The lowest BCUT2D eigenvalue weighted by Gasteiger charge is -2.15. The molecule has 4 rings (SSSR count). The lowest BCUT2D eigenvalue weighted by atomic mass is 10.2. The third kappa shape index (κ3) is 4.25. The Kier molecular flexibility index (Phi) is 5.23. The number of rotatable bonds is 5. The molecule has 0 aliphatic heterocycles. The van der Waals surface area contributed by atoms with Crippen LogP contribution in [0.5, 0.6) is 5.75 Å². The van der Waals surface area contributed by atoms with E-state index >= 15 is 0 Å². The van der Waals surface area contributed by atoms with E-state index in [9.17, 15) is 4.79 Å². The molecule has 0 spiro atoms. The number of fused-ring (bicyclic) bond motifs is 1. The third-order valence-corrected chi connectivity index (χ3v) is 4.91. The molecule has 146 valence electrons. The molecule has 0 aliphatic carbocycles. The number of halogens is 1. The standard InChI is InChI=1S/C23H19ClN2O3/c1-14-12-18(10-11-19(14)24)28-15(2)22(27)25-17-7-5-6-16(13-17)23-26-20-8-3-4-9-21(20)29-23/h3-13,15H,1-2H3,(H,25,27)/t15-/m1/s1. The van der Waals surface area contributed by atoms with Crippen molar-refractivity contribution in [1.82, 2.24) is 4.98 Å². The van der Waals surface area contributed by atoms with Crippen molar-refractivity contribution in [2.75, 3.05) is 5.32 Å². The molecule has 1 N–H and O–H groups in total. The van der Waals surface area contributed by atoms with Gasteiger partial charge in [-0.05, 0) is 67.9 Å². The molecule has 0 aliphatic rings. The smallest absolute Gasteiger partial charge is 0.265 e. The quantitative estimate of drug-likeness (QED) is 0.450. The normalized spacial score (nSPS) is 12.0. The molecule has 6 heteroatoms. The molecule has 0 unspecified atom stereocenters. The van der Waals surface area contributed by atoms with Crippen LogP contribution in [-0.2, 0) is 4.79 Å². The Morgan fingerprint density at radius 3 is 2.72 bits per heavy atom. The van der Waals surface area contributed by atoms with Crippen LogP contribution in [0.1, 0.15) is 12.5 Å². The third-order valence-electron chi connectivity index (χ3n) is 4.48. The zero-order chi connectivity index (χ0) is 20.4. The topological polar surface area (TPSA) is 64.4 Å². The molecule has 0 fully saturated rings. The second-order valence-corrected chi connectivity index (χ2v) is 7.14. The van der Waals surface area contributed by atoms with Gasteiger partial charge < -0.3 is 14.5 Å². The summed E-state index contributed by atoms with van der Waals surface area (Å²) in [4.78, 5) is 17.1. The molecule has 1 aromatic heterocycles. The molecule has 1 amide bonds. The average molecular weight is 407 g/mol. The van der Waals surface area contributed by atoms with E-state index in [-0.39, 0.29) is 5.91 Å². The minimum atomic E-state index is -0.677. The number of nitrogens with one attached hydrogen (secondary N) is 1. The van der Waals surface area contributed by atoms with E-state index in [2.05, 4.69) is 10.3 Å². The van der Waals surface area contributed by atoms with E-state index in [1.807, 2.05) is 55.5 Å². The van der Waals surface area contributed by atoms with Crippen LogP contribution in [0.2, 0.25) is 5.02 Å². The molecule has 4 aromatic rings. The monoisotopic (exact) mass is 406 g/mol. The Balaban J connectivity index is 1.48. The predicted octanol–water partition coefficient (Wildman–Crippen LogP) is 5.86. The van der Waals surface area contributed by atoms with Gasteiger partial charge in [0, 0.05) is 16.3 Å². The van der Waals surface area contributed by atoms with Crippen LogP contribution in [0.4, 0.5) is 5.69 Å². The lowest BCUT2D eigenvalue weighted by Crippen LogP contribution is -2.30. The van der Waals surface area contributed by atoms with Gasteiger partial charge in [-0.2, -0.15) is 0 Å². The number of hydrogen-bond donors (Lipinski definition) is 1. The second-order valence-electron chi connectivity index (χ2n) is 6.73. The highest BCUT2D eigenvalue weighted by Gasteiger charge is 2.16. The summed E-state index contributed by atoms with van der Waals surface area (Å²) in [6, 6.07) is 20.2. The van der Waals surface area contributed by atoms with Crippen LogP contribution >= 0.6 is 11.6 Å². The summed E-state index contributed by atoms with van der Waals surface area (Å²) in [7, 11) is 0. The van der Waals surface area contributed by atoms with Gasteiger partial charge in [0.25, 0.3) is 5.91 Å². The summed E-state index contributed by atoms with van der Waals surface area (Å²) in [5.41, 5.74) is 3.82. The first kappa shape index (κ1) is 19.0.